The number of pyridine rings is 1. The van der Waals surface area contributed by atoms with Gasteiger partial charge in [0, 0.05) is 36.9 Å². The minimum absolute atomic E-state index is 0.664. The molecule has 2 aromatic carbocycles. The highest BCUT2D eigenvalue weighted by atomic mass is 15.2. The molecule has 0 spiro atoms. The average molecular weight is 328 g/mol. The zero-order valence-corrected chi connectivity index (χ0v) is 14.6. The second-order valence-corrected chi connectivity index (χ2v) is 7.72. The molecule has 2 atom stereocenters. The lowest BCUT2D eigenvalue weighted by atomic mass is 9.80. The first kappa shape index (κ1) is 15.1. The molecule has 1 aliphatic carbocycles. The van der Waals surface area contributed by atoms with Crippen molar-refractivity contribution in [3.05, 3.63) is 77.6 Å². The highest BCUT2D eigenvalue weighted by Gasteiger charge is 2.31. The van der Waals surface area contributed by atoms with Gasteiger partial charge in [-0.25, -0.2) is 0 Å². The fourth-order valence-electron chi connectivity index (χ4n) is 4.82. The van der Waals surface area contributed by atoms with Gasteiger partial charge in [0.15, 0.2) is 0 Å². The van der Waals surface area contributed by atoms with Gasteiger partial charge in [-0.3, -0.25) is 9.88 Å². The Hall–Kier alpha value is -2.19. The van der Waals surface area contributed by atoms with Gasteiger partial charge < -0.3 is 0 Å². The minimum Gasteiger partial charge on any atom is -0.295 e. The quantitative estimate of drug-likeness (QED) is 0.683. The molecule has 3 heterocycles. The van der Waals surface area contributed by atoms with E-state index in [1.54, 1.807) is 11.1 Å². The molecule has 0 N–H and O–H groups in total. The molecule has 1 saturated heterocycles. The molecule has 2 heteroatoms. The van der Waals surface area contributed by atoms with Crippen molar-refractivity contribution in [2.24, 2.45) is 5.92 Å². The molecule has 1 fully saturated rings. The molecule has 1 aromatic heterocycles. The summed E-state index contributed by atoms with van der Waals surface area (Å²) in [6.07, 6.45) is 9.20. The van der Waals surface area contributed by atoms with Crippen molar-refractivity contribution in [3.63, 3.8) is 0 Å². The van der Waals surface area contributed by atoms with Crippen molar-refractivity contribution in [3.8, 4) is 0 Å². The van der Waals surface area contributed by atoms with E-state index >= 15 is 0 Å². The van der Waals surface area contributed by atoms with Crippen molar-refractivity contribution >= 4 is 10.8 Å². The lowest BCUT2D eigenvalue weighted by molar-refractivity contribution is 0.0941. The molecule has 2 bridgehead atoms. The van der Waals surface area contributed by atoms with Crippen molar-refractivity contribution < 1.29 is 0 Å². The zero-order chi connectivity index (χ0) is 16.6. The van der Waals surface area contributed by atoms with Gasteiger partial charge in [-0.1, -0.05) is 48.5 Å². The Morgan fingerprint density at radius 2 is 1.68 bits per heavy atom. The molecule has 0 unspecified atom stereocenters. The van der Waals surface area contributed by atoms with E-state index < -0.39 is 0 Å². The Labute approximate surface area is 149 Å². The number of rotatable bonds is 2. The summed E-state index contributed by atoms with van der Waals surface area (Å²) in [6.45, 7) is 2.25. The van der Waals surface area contributed by atoms with Gasteiger partial charge in [0.2, 0.25) is 0 Å². The summed E-state index contributed by atoms with van der Waals surface area (Å²) < 4.78 is 0. The number of hydrogen-bond acceptors (Lipinski definition) is 2. The van der Waals surface area contributed by atoms with Crippen LogP contribution in [0.4, 0.5) is 0 Å². The molecule has 0 saturated carbocycles. The van der Waals surface area contributed by atoms with Crippen molar-refractivity contribution in [2.45, 2.75) is 38.3 Å². The molecule has 0 radical (unpaired) electrons. The SMILES string of the molecule is c1ccc2c(c1)C[C@@H]1CC[C@H](C2)N(Cc2cncc3ccccc23)C1. The third-order valence-electron chi connectivity index (χ3n) is 6.12. The molecule has 3 aliphatic rings. The van der Waals surface area contributed by atoms with Gasteiger partial charge in [-0.05, 0) is 53.7 Å². The first-order valence-electron chi connectivity index (χ1n) is 9.49. The molecule has 25 heavy (non-hydrogen) atoms. The van der Waals surface area contributed by atoms with E-state index in [0.29, 0.717) is 6.04 Å². The van der Waals surface area contributed by atoms with E-state index in [0.717, 1.165) is 12.5 Å². The lowest BCUT2D eigenvalue weighted by Gasteiger charge is -2.42. The summed E-state index contributed by atoms with van der Waals surface area (Å²) in [5.41, 5.74) is 4.53. The second-order valence-electron chi connectivity index (χ2n) is 7.72. The van der Waals surface area contributed by atoms with Crippen LogP contribution >= 0.6 is 0 Å². The Bertz CT molecular complexity index is 896. The number of nitrogens with zero attached hydrogens (tertiary/aromatic N) is 2. The summed E-state index contributed by atoms with van der Waals surface area (Å²) in [6, 6.07) is 18.4. The van der Waals surface area contributed by atoms with E-state index in [9.17, 15) is 0 Å². The topological polar surface area (TPSA) is 16.1 Å². The second kappa shape index (κ2) is 6.27. The summed E-state index contributed by atoms with van der Waals surface area (Å²) in [4.78, 5) is 7.22. The number of aromatic nitrogens is 1. The van der Waals surface area contributed by atoms with Crippen molar-refractivity contribution in [1.29, 1.82) is 0 Å². The maximum Gasteiger partial charge on any atom is 0.0346 e. The van der Waals surface area contributed by atoms with Crippen LogP contribution in [0, 0.1) is 5.92 Å². The van der Waals surface area contributed by atoms with E-state index in [1.165, 1.54) is 48.6 Å². The van der Waals surface area contributed by atoms with Gasteiger partial charge in [-0.2, -0.15) is 0 Å². The van der Waals surface area contributed by atoms with E-state index in [-0.39, 0.29) is 0 Å². The summed E-state index contributed by atoms with van der Waals surface area (Å²) in [7, 11) is 0. The van der Waals surface area contributed by atoms with Crippen LogP contribution in [-0.4, -0.2) is 22.5 Å². The Morgan fingerprint density at radius 3 is 2.60 bits per heavy atom. The smallest absolute Gasteiger partial charge is 0.0346 e. The molecule has 126 valence electrons. The van der Waals surface area contributed by atoms with Gasteiger partial charge in [0.25, 0.3) is 0 Å². The predicted octanol–water partition coefficient (Wildman–Crippen LogP) is 4.61. The standard InChI is InChI=1S/C23H24N2/c1-2-6-19-12-22-10-9-17(11-18(19)5-1)15-25(22)16-21-14-24-13-20-7-3-4-8-23(20)21/h1-8,13-14,17,22H,9-12,15-16H2/t17-,22+/m0/s1. The normalized spacial score (nSPS) is 23.2. The van der Waals surface area contributed by atoms with Gasteiger partial charge in [0.1, 0.15) is 0 Å². The van der Waals surface area contributed by atoms with Crippen LogP contribution < -0.4 is 0 Å². The molecular weight excluding hydrogens is 304 g/mol. The molecule has 3 aromatic rings. The summed E-state index contributed by atoms with van der Waals surface area (Å²) in [5.74, 6) is 0.792. The molecule has 2 aliphatic heterocycles. The largest absolute Gasteiger partial charge is 0.295 e. The maximum absolute atomic E-state index is 4.49. The van der Waals surface area contributed by atoms with Crippen molar-refractivity contribution in [1.82, 2.24) is 9.88 Å². The fraction of sp³-hybridized carbons (Fsp3) is 0.348. The van der Waals surface area contributed by atoms with Crippen molar-refractivity contribution in [2.75, 3.05) is 6.54 Å². The first-order valence-corrected chi connectivity index (χ1v) is 9.49. The predicted molar refractivity (Wildman–Crippen MR) is 103 cm³/mol. The van der Waals surface area contributed by atoms with E-state index in [4.69, 9.17) is 0 Å². The van der Waals surface area contributed by atoms with Gasteiger partial charge >= 0.3 is 0 Å². The Kier molecular flexibility index (Phi) is 3.79. The summed E-state index contributed by atoms with van der Waals surface area (Å²) >= 11 is 0. The van der Waals surface area contributed by atoms with Gasteiger partial charge in [0.05, 0.1) is 0 Å². The Morgan fingerprint density at radius 1 is 0.880 bits per heavy atom. The maximum atomic E-state index is 4.49. The van der Waals surface area contributed by atoms with Crippen LogP contribution in [0.25, 0.3) is 10.8 Å². The number of fused-ring (bicyclic) bond motifs is 3. The Balaban J connectivity index is 1.47. The van der Waals surface area contributed by atoms with Crippen LogP contribution in [0.15, 0.2) is 60.9 Å². The van der Waals surface area contributed by atoms with Gasteiger partial charge in [-0.15, -0.1) is 0 Å². The van der Waals surface area contributed by atoms with E-state index in [2.05, 4.69) is 64.6 Å². The fourth-order valence-corrected chi connectivity index (χ4v) is 4.82. The highest BCUT2D eigenvalue weighted by Crippen LogP contribution is 2.33. The zero-order valence-electron chi connectivity index (χ0n) is 14.6. The molecule has 0 amide bonds. The van der Waals surface area contributed by atoms with Crippen LogP contribution in [-0.2, 0) is 19.4 Å². The van der Waals surface area contributed by atoms with E-state index in [1.807, 2.05) is 6.20 Å². The lowest BCUT2D eigenvalue weighted by Crippen LogP contribution is -2.46. The third-order valence-corrected chi connectivity index (χ3v) is 6.12. The molecular formula is C23H24N2. The number of benzene rings is 2. The minimum atomic E-state index is 0.664. The third kappa shape index (κ3) is 2.85. The number of hydrogen-bond donors (Lipinski definition) is 0. The molecule has 2 nitrogen and oxygen atoms in total. The first-order chi connectivity index (χ1) is 12.4. The highest BCUT2D eigenvalue weighted by molar-refractivity contribution is 5.84. The van der Waals surface area contributed by atoms with Crippen LogP contribution in [0.1, 0.15) is 29.5 Å². The van der Waals surface area contributed by atoms with Crippen LogP contribution in [0.2, 0.25) is 0 Å². The summed E-state index contributed by atoms with van der Waals surface area (Å²) in [5, 5.41) is 2.61. The molecule has 6 rings (SSSR count). The monoisotopic (exact) mass is 328 g/mol. The number of piperidine rings is 1. The van der Waals surface area contributed by atoms with Crippen LogP contribution in [0.3, 0.4) is 0 Å². The average Bonchev–Trinajstić information content (AvgIpc) is 2.63. The van der Waals surface area contributed by atoms with Crippen LogP contribution in [0.5, 0.6) is 0 Å².